The summed E-state index contributed by atoms with van der Waals surface area (Å²) < 4.78 is 22.6. The molecule has 1 aliphatic heterocycles. The number of esters is 2. The van der Waals surface area contributed by atoms with Gasteiger partial charge in [0.05, 0.1) is 11.1 Å². The second-order valence-electron chi connectivity index (χ2n) is 8.48. The van der Waals surface area contributed by atoms with Gasteiger partial charge >= 0.3 is 11.9 Å². The van der Waals surface area contributed by atoms with E-state index in [2.05, 4.69) is 0 Å². The number of aryl methyl sites for hydroxylation is 2. The third kappa shape index (κ3) is 3.84. The van der Waals surface area contributed by atoms with Gasteiger partial charge < -0.3 is 24.1 Å². The Kier molecular flexibility index (Phi) is 5.37. The SMILES string of the molecule is COC1OC2(C[C@H]2OC(=O)c2ccc(C)cc2)[C@@H](OC(=O)c2ccc(C)cc2)[C@@]1(C)O. The van der Waals surface area contributed by atoms with Gasteiger partial charge in [0.2, 0.25) is 0 Å². The lowest BCUT2D eigenvalue weighted by atomic mass is 9.95. The molecule has 0 bridgehead atoms. The summed E-state index contributed by atoms with van der Waals surface area (Å²) in [6.45, 7) is 5.33. The number of aliphatic hydroxyl groups is 1. The van der Waals surface area contributed by atoms with Gasteiger partial charge in [0, 0.05) is 13.5 Å². The summed E-state index contributed by atoms with van der Waals surface area (Å²) in [7, 11) is 1.40. The molecule has 2 aliphatic rings. The molecule has 1 aliphatic carbocycles. The molecule has 0 amide bonds. The van der Waals surface area contributed by atoms with Crippen LogP contribution in [-0.4, -0.2) is 53.9 Å². The average molecular weight is 426 g/mol. The van der Waals surface area contributed by atoms with Crippen molar-refractivity contribution >= 4 is 11.9 Å². The van der Waals surface area contributed by atoms with Crippen LogP contribution in [0.25, 0.3) is 0 Å². The lowest BCUT2D eigenvalue weighted by molar-refractivity contribution is -0.190. The molecule has 0 radical (unpaired) electrons. The van der Waals surface area contributed by atoms with E-state index in [-0.39, 0.29) is 6.42 Å². The Balaban J connectivity index is 1.54. The summed E-state index contributed by atoms with van der Waals surface area (Å²) in [5.74, 6) is -1.10. The van der Waals surface area contributed by atoms with Crippen molar-refractivity contribution in [3.8, 4) is 0 Å². The second-order valence-corrected chi connectivity index (χ2v) is 8.48. The largest absolute Gasteiger partial charge is 0.455 e. The van der Waals surface area contributed by atoms with Crippen LogP contribution in [0.3, 0.4) is 0 Å². The average Bonchev–Trinajstić information content (AvgIpc) is 3.37. The van der Waals surface area contributed by atoms with E-state index in [0.717, 1.165) is 11.1 Å². The van der Waals surface area contributed by atoms with Crippen LogP contribution in [0.2, 0.25) is 0 Å². The highest BCUT2D eigenvalue weighted by Gasteiger charge is 2.77. The number of benzene rings is 2. The van der Waals surface area contributed by atoms with Crippen LogP contribution < -0.4 is 0 Å². The molecule has 1 N–H and O–H groups in total. The highest BCUT2D eigenvalue weighted by atomic mass is 16.7. The molecule has 1 heterocycles. The Bertz CT molecular complexity index is 980. The smallest absolute Gasteiger partial charge is 0.338 e. The van der Waals surface area contributed by atoms with E-state index >= 15 is 0 Å². The van der Waals surface area contributed by atoms with Crippen LogP contribution in [0, 0.1) is 13.8 Å². The van der Waals surface area contributed by atoms with Crippen molar-refractivity contribution in [3.05, 3.63) is 70.8 Å². The first-order valence-electron chi connectivity index (χ1n) is 10.2. The van der Waals surface area contributed by atoms with E-state index in [9.17, 15) is 14.7 Å². The summed E-state index contributed by atoms with van der Waals surface area (Å²) in [4.78, 5) is 25.3. The van der Waals surface area contributed by atoms with Crippen LogP contribution in [0.4, 0.5) is 0 Å². The number of hydrogen-bond donors (Lipinski definition) is 1. The maximum atomic E-state index is 12.8. The molecule has 1 saturated carbocycles. The van der Waals surface area contributed by atoms with E-state index in [1.54, 1.807) is 36.4 Å². The molecule has 5 atom stereocenters. The predicted molar refractivity (Wildman–Crippen MR) is 111 cm³/mol. The van der Waals surface area contributed by atoms with E-state index in [4.69, 9.17) is 18.9 Å². The van der Waals surface area contributed by atoms with Gasteiger partial charge in [0.25, 0.3) is 0 Å². The topological polar surface area (TPSA) is 91.3 Å². The highest BCUT2D eigenvalue weighted by Crippen LogP contribution is 2.56. The van der Waals surface area contributed by atoms with Gasteiger partial charge in [-0.25, -0.2) is 9.59 Å². The highest BCUT2D eigenvalue weighted by molar-refractivity contribution is 5.90. The minimum absolute atomic E-state index is 0.284. The summed E-state index contributed by atoms with van der Waals surface area (Å²) in [6, 6.07) is 13.9. The van der Waals surface area contributed by atoms with Crippen molar-refractivity contribution in [1.29, 1.82) is 0 Å². The van der Waals surface area contributed by atoms with Gasteiger partial charge in [0.1, 0.15) is 6.10 Å². The molecule has 1 spiro atoms. The van der Waals surface area contributed by atoms with Gasteiger partial charge in [-0.1, -0.05) is 35.4 Å². The van der Waals surface area contributed by atoms with E-state index in [0.29, 0.717) is 11.1 Å². The summed E-state index contributed by atoms with van der Waals surface area (Å²) in [5, 5.41) is 11.1. The van der Waals surface area contributed by atoms with E-state index in [1.165, 1.54) is 14.0 Å². The Morgan fingerprint density at radius 3 is 1.90 bits per heavy atom. The van der Waals surface area contributed by atoms with Crippen molar-refractivity contribution in [3.63, 3.8) is 0 Å². The van der Waals surface area contributed by atoms with Crippen molar-refractivity contribution in [2.24, 2.45) is 0 Å². The standard InChI is InChI=1S/C24H26O7/c1-14-5-9-16(10-6-14)19(25)29-18-13-24(18)21(23(3,27)22(28-4)31-24)30-20(26)17-11-7-15(2)8-12-17/h5-12,18,21-22,27H,13H2,1-4H3/t18-,21+,22?,23-,24?/m1/s1. The van der Waals surface area contributed by atoms with Crippen LogP contribution in [-0.2, 0) is 18.9 Å². The van der Waals surface area contributed by atoms with Gasteiger partial charge in [-0.3, -0.25) is 0 Å². The number of carbonyl (C=O) groups is 2. The molecule has 7 nitrogen and oxygen atoms in total. The first kappa shape index (κ1) is 21.5. The summed E-state index contributed by atoms with van der Waals surface area (Å²) in [5.41, 5.74) is 0.0140. The first-order chi connectivity index (χ1) is 14.7. The Morgan fingerprint density at radius 1 is 0.935 bits per heavy atom. The molecule has 7 heteroatoms. The monoisotopic (exact) mass is 426 g/mol. The molecule has 2 aromatic rings. The number of rotatable bonds is 5. The molecule has 2 fully saturated rings. The van der Waals surface area contributed by atoms with Crippen molar-refractivity contribution in [2.75, 3.05) is 7.11 Å². The number of hydrogen-bond acceptors (Lipinski definition) is 7. The molecule has 2 unspecified atom stereocenters. The zero-order valence-corrected chi connectivity index (χ0v) is 18.0. The van der Waals surface area contributed by atoms with Gasteiger partial charge in [0.15, 0.2) is 23.6 Å². The van der Waals surface area contributed by atoms with Crippen molar-refractivity contribution in [1.82, 2.24) is 0 Å². The normalized spacial score (nSPS) is 31.5. The van der Waals surface area contributed by atoms with Crippen LogP contribution in [0.1, 0.15) is 45.2 Å². The number of methoxy groups -OCH3 is 1. The van der Waals surface area contributed by atoms with Crippen molar-refractivity contribution < 1.29 is 33.6 Å². The first-order valence-corrected chi connectivity index (χ1v) is 10.2. The second kappa shape index (κ2) is 7.75. The molecular formula is C24H26O7. The maximum Gasteiger partial charge on any atom is 0.338 e. The van der Waals surface area contributed by atoms with E-state index < -0.39 is 41.6 Å². The van der Waals surface area contributed by atoms with Crippen molar-refractivity contribution in [2.45, 2.75) is 56.9 Å². The predicted octanol–water partition coefficient (Wildman–Crippen LogP) is 2.95. The van der Waals surface area contributed by atoms with Crippen LogP contribution in [0.15, 0.2) is 48.5 Å². The fraction of sp³-hybridized carbons (Fsp3) is 0.417. The Morgan fingerprint density at radius 2 is 1.42 bits per heavy atom. The zero-order valence-electron chi connectivity index (χ0n) is 18.0. The van der Waals surface area contributed by atoms with Crippen LogP contribution >= 0.6 is 0 Å². The minimum Gasteiger partial charge on any atom is -0.455 e. The zero-order chi connectivity index (χ0) is 22.4. The molecular weight excluding hydrogens is 400 g/mol. The van der Waals surface area contributed by atoms with Crippen LogP contribution in [0.5, 0.6) is 0 Å². The fourth-order valence-corrected chi connectivity index (χ4v) is 4.03. The Labute approximate surface area is 180 Å². The summed E-state index contributed by atoms with van der Waals surface area (Å²) >= 11 is 0. The van der Waals surface area contributed by atoms with Gasteiger partial charge in [-0.15, -0.1) is 0 Å². The van der Waals surface area contributed by atoms with E-state index in [1.807, 2.05) is 26.0 Å². The maximum absolute atomic E-state index is 12.8. The molecule has 2 aromatic carbocycles. The Hall–Kier alpha value is -2.74. The lowest BCUT2D eigenvalue weighted by Gasteiger charge is -2.29. The van der Waals surface area contributed by atoms with Gasteiger partial charge in [-0.05, 0) is 45.0 Å². The lowest BCUT2D eigenvalue weighted by Crippen LogP contribution is -2.49. The number of carbonyl (C=O) groups excluding carboxylic acids is 2. The minimum atomic E-state index is -1.62. The molecule has 31 heavy (non-hydrogen) atoms. The molecule has 4 rings (SSSR count). The molecule has 164 valence electrons. The fourth-order valence-electron chi connectivity index (χ4n) is 4.03. The molecule has 0 aromatic heterocycles. The van der Waals surface area contributed by atoms with Gasteiger partial charge in [-0.2, -0.15) is 0 Å². The molecule has 1 saturated heterocycles. The third-order valence-electron chi connectivity index (χ3n) is 5.93. The summed E-state index contributed by atoms with van der Waals surface area (Å²) in [6.07, 6.45) is -2.50. The third-order valence-corrected chi connectivity index (χ3v) is 5.93. The quantitative estimate of drug-likeness (QED) is 0.735. The number of ether oxygens (including phenoxy) is 4.